The van der Waals surface area contributed by atoms with Crippen molar-refractivity contribution in [1.82, 2.24) is 9.88 Å². The lowest BCUT2D eigenvalue weighted by atomic mass is 9.63. The Morgan fingerprint density at radius 3 is 2.28 bits per heavy atom. The largest absolute Gasteiger partial charge is 0.497 e. The van der Waals surface area contributed by atoms with E-state index in [1.807, 2.05) is 0 Å². The first-order valence-corrected chi connectivity index (χ1v) is 11.5. The molecule has 9 heteroatoms. The smallest absolute Gasteiger partial charge is 0.342 e. The van der Waals surface area contributed by atoms with E-state index in [9.17, 15) is 19.2 Å². The van der Waals surface area contributed by atoms with Crippen LogP contribution in [0.4, 0.5) is 10.5 Å². The Bertz CT molecular complexity index is 1330. The molecule has 9 nitrogen and oxygen atoms in total. The second-order valence-electron chi connectivity index (χ2n) is 8.39. The van der Waals surface area contributed by atoms with Crippen LogP contribution in [0, 0.1) is 0 Å². The van der Waals surface area contributed by atoms with Crippen LogP contribution in [0.2, 0.25) is 0 Å². The highest BCUT2D eigenvalue weighted by atomic mass is 16.5. The predicted molar refractivity (Wildman–Crippen MR) is 129 cm³/mol. The number of urea groups is 1. The molecule has 0 N–H and O–H groups in total. The van der Waals surface area contributed by atoms with Crippen LogP contribution in [-0.4, -0.2) is 58.9 Å². The topological polar surface area (TPSA) is 106 Å². The number of fused-ring (bicyclic) bond motifs is 1. The lowest BCUT2D eigenvalue weighted by Crippen LogP contribution is -2.77. The molecule has 2 aliphatic rings. The van der Waals surface area contributed by atoms with E-state index >= 15 is 0 Å². The van der Waals surface area contributed by atoms with E-state index in [-0.39, 0.29) is 12.3 Å². The number of imide groups is 1. The number of Topliss-reactive ketones (excluding diaryl/α,β-unsaturated/α-hetero) is 1. The Morgan fingerprint density at radius 1 is 0.972 bits per heavy atom. The minimum Gasteiger partial charge on any atom is -0.497 e. The Morgan fingerprint density at radius 2 is 1.67 bits per heavy atom. The van der Waals surface area contributed by atoms with E-state index in [1.54, 1.807) is 73.7 Å². The van der Waals surface area contributed by atoms with Gasteiger partial charge in [0.1, 0.15) is 17.5 Å². The normalized spacial score (nSPS) is 22.6. The highest BCUT2D eigenvalue weighted by Crippen LogP contribution is 2.56. The molecule has 0 aliphatic carbocycles. The third kappa shape index (κ3) is 3.19. The van der Waals surface area contributed by atoms with Gasteiger partial charge in [0.05, 0.1) is 25.3 Å². The number of methoxy groups -OCH3 is 1. The Balaban J connectivity index is 1.71. The van der Waals surface area contributed by atoms with Gasteiger partial charge in [-0.2, -0.15) is 0 Å². The summed E-state index contributed by atoms with van der Waals surface area (Å²) in [5, 5.41) is 0. The summed E-state index contributed by atoms with van der Waals surface area (Å²) >= 11 is 0. The first-order valence-electron chi connectivity index (χ1n) is 11.5. The van der Waals surface area contributed by atoms with Gasteiger partial charge in [-0.25, -0.2) is 14.5 Å². The average Bonchev–Trinajstić information content (AvgIpc) is 3.08. The van der Waals surface area contributed by atoms with Gasteiger partial charge in [-0.1, -0.05) is 36.4 Å². The molecular formula is C27H23N3O6. The number of ketones is 1. The zero-order chi connectivity index (χ0) is 25.4. The van der Waals surface area contributed by atoms with E-state index in [0.29, 0.717) is 17.0 Å². The van der Waals surface area contributed by atoms with Crippen molar-refractivity contribution in [2.24, 2.45) is 0 Å². The van der Waals surface area contributed by atoms with Crippen molar-refractivity contribution >= 4 is 29.4 Å². The summed E-state index contributed by atoms with van der Waals surface area (Å²) < 4.78 is 10.6. The number of ether oxygens (including phenoxy) is 2. The molecule has 2 saturated heterocycles. The molecule has 3 aromatic rings. The van der Waals surface area contributed by atoms with E-state index in [1.165, 1.54) is 19.4 Å². The van der Waals surface area contributed by atoms with E-state index in [4.69, 9.17) is 9.47 Å². The number of nitrogens with zero attached hydrogens (tertiary/aromatic N) is 3. The number of aromatic nitrogens is 1. The van der Waals surface area contributed by atoms with Crippen molar-refractivity contribution in [2.75, 3.05) is 18.6 Å². The number of carbonyl (C=O) groups is 4. The van der Waals surface area contributed by atoms with E-state index in [0.717, 1.165) is 9.80 Å². The van der Waals surface area contributed by atoms with Gasteiger partial charge in [0, 0.05) is 6.20 Å². The minimum absolute atomic E-state index is 0.00455. The monoisotopic (exact) mass is 485 g/mol. The molecule has 3 heterocycles. The summed E-state index contributed by atoms with van der Waals surface area (Å²) in [5.74, 6) is -2.56. The van der Waals surface area contributed by atoms with Gasteiger partial charge < -0.3 is 9.47 Å². The van der Waals surface area contributed by atoms with Crippen LogP contribution in [0.5, 0.6) is 5.75 Å². The maximum atomic E-state index is 14.0. The molecule has 2 aromatic carbocycles. The number of rotatable bonds is 7. The molecule has 0 saturated carbocycles. The molecule has 2 fully saturated rings. The average molecular weight is 485 g/mol. The van der Waals surface area contributed by atoms with E-state index in [2.05, 4.69) is 4.98 Å². The molecule has 3 atom stereocenters. The van der Waals surface area contributed by atoms with Gasteiger partial charge in [0.25, 0.3) is 5.91 Å². The number of hydrogen-bond acceptors (Lipinski definition) is 7. The Labute approximate surface area is 207 Å². The third-order valence-corrected chi connectivity index (χ3v) is 6.61. The van der Waals surface area contributed by atoms with Crippen molar-refractivity contribution in [3.8, 4) is 5.75 Å². The second-order valence-corrected chi connectivity index (χ2v) is 8.39. The molecule has 182 valence electrons. The van der Waals surface area contributed by atoms with Crippen LogP contribution in [0.25, 0.3) is 0 Å². The maximum absolute atomic E-state index is 14.0. The molecular weight excluding hydrogens is 462 g/mol. The molecule has 3 amide bonds. The summed E-state index contributed by atoms with van der Waals surface area (Å²) in [6, 6.07) is 18.0. The van der Waals surface area contributed by atoms with Gasteiger partial charge in [-0.05, 0) is 48.9 Å². The lowest BCUT2D eigenvalue weighted by molar-refractivity contribution is -0.171. The number of amides is 3. The molecule has 5 rings (SSSR count). The van der Waals surface area contributed by atoms with Gasteiger partial charge in [-0.3, -0.25) is 19.5 Å². The van der Waals surface area contributed by atoms with Crippen molar-refractivity contribution in [2.45, 2.75) is 24.4 Å². The summed E-state index contributed by atoms with van der Waals surface area (Å²) in [7, 11) is 1.52. The van der Waals surface area contributed by atoms with Crippen molar-refractivity contribution in [1.29, 1.82) is 0 Å². The first-order chi connectivity index (χ1) is 17.5. The number of carbonyl (C=O) groups excluding carboxylic acids is 4. The SMILES string of the molecule is CCOC(=O)[C@]12C(=O)N(c3ccccc3)C(=O)N1[C@H](C(=O)c1ccccn1)[C@H]2c1ccc(OC)cc1. The van der Waals surface area contributed by atoms with Crippen molar-refractivity contribution in [3.63, 3.8) is 0 Å². The number of hydrogen-bond donors (Lipinski definition) is 0. The van der Waals surface area contributed by atoms with Gasteiger partial charge in [-0.15, -0.1) is 0 Å². The minimum atomic E-state index is -2.04. The Hall–Kier alpha value is -4.53. The predicted octanol–water partition coefficient (Wildman–Crippen LogP) is 3.21. The summed E-state index contributed by atoms with van der Waals surface area (Å²) in [5.41, 5.74) is -1.10. The van der Waals surface area contributed by atoms with E-state index < -0.39 is 41.2 Å². The number of benzene rings is 2. The molecule has 36 heavy (non-hydrogen) atoms. The summed E-state index contributed by atoms with van der Waals surface area (Å²) in [6.45, 7) is 1.61. The number of para-hydroxylation sites is 1. The van der Waals surface area contributed by atoms with Crippen LogP contribution in [0.3, 0.4) is 0 Å². The quantitative estimate of drug-likeness (QED) is 0.219. The summed E-state index contributed by atoms with van der Waals surface area (Å²) in [6.07, 6.45) is 1.47. The fourth-order valence-electron chi connectivity index (χ4n) is 5.06. The fourth-order valence-corrected chi connectivity index (χ4v) is 5.06. The van der Waals surface area contributed by atoms with Crippen molar-refractivity contribution in [3.05, 3.63) is 90.3 Å². The summed E-state index contributed by atoms with van der Waals surface area (Å²) in [4.78, 5) is 61.2. The van der Waals surface area contributed by atoms with Gasteiger partial charge >= 0.3 is 12.0 Å². The molecule has 0 bridgehead atoms. The van der Waals surface area contributed by atoms with Crippen LogP contribution in [0.15, 0.2) is 79.0 Å². The maximum Gasteiger partial charge on any atom is 0.342 e. The molecule has 1 aromatic heterocycles. The van der Waals surface area contributed by atoms with Crippen LogP contribution < -0.4 is 9.64 Å². The fraction of sp³-hybridized carbons (Fsp3) is 0.222. The third-order valence-electron chi connectivity index (χ3n) is 6.61. The van der Waals surface area contributed by atoms with Crippen LogP contribution in [-0.2, 0) is 14.3 Å². The number of pyridine rings is 1. The molecule has 0 radical (unpaired) electrons. The van der Waals surface area contributed by atoms with Gasteiger partial charge in [0.15, 0.2) is 0 Å². The number of anilines is 1. The van der Waals surface area contributed by atoms with Crippen molar-refractivity contribution < 1.29 is 28.7 Å². The molecule has 0 spiro atoms. The standard InChI is InChI=1S/C27H23N3O6/c1-3-36-25(33)27-21(17-12-14-19(35-2)15-13-17)22(23(31)20-11-7-8-16-28-20)30(27)26(34)29(24(27)32)18-9-5-4-6-10-18/h4-16,21-22H,3H2,1-2H3/t21-,22+,27+/m1/s1. The Kier molecular flexibility index (Phi) is 5.75. The second kappa shape index (κ2) is 8.92. The molecule has 2 aliphatic heterocycles. The first kappa shape index (κ1) is 23.2. The van der Waals surface area contributed by atoms with Crippen LogP contribution in [0.1, 0.15) is 28.9 Å². The molecule has 0 unspecified atom stereocenters. The number of esters is 1. The zero-order valence-electron chi connectivity index (χ0n) is 19.7. The van der Waals surface area contributed by atoms with Gasteiger partial charge in [0.2, 0.25) is 11.3 Å². The highest BCUT2D eigenvalue weighted by Gasteiger charge is 2.80. The highest BCUT2D eigenvalue weighted by molar-refractivity contribution is 6.34. The zero-order valence-corrected chi connectivity index (χ0v) is 19.7. The van der Waals surface area contributed by atoms with Crippen LogP contribution >= 0.6 is 0 Å². The lowest BCUT2D eigenvalue weighted by Gasteiger charge is -2.54.